The fourth-order valence-electron chi connectivity index (χ4n) is 3.10. The molecule has 0 fully saturated rings. The third-order valence-electron chi connectivity index (χ3n) is 4.47. The molecule has 0 radical (unpaired) electrons. The lowest BCUT2D eigenvalue weighted by atomic mass is 10.0. The molecule has 0 bridgehead atoms. The number of aromatic nitrogens is 4. The van der Waals surface area contributed by atoms with Crippen LogP contribution in [0.5, 0.6) is 0 Å². The summed E-state index contributed by atoms with van der Waals surface area (Å²) in [5.41, 5.74) is 3.33. The van der Waals surface area contributed by atoms with E-state index < -0.39 is 12.5 Å². The first-order chi connectivity index (χ1) is 14.2. The predicted molar refractivity (Wildman–Crippen MR) is 116 cm³/mol. The molecule has 0 aliphatic carbocycles. The molecule has 0 saturated heterocycles. The van der Waals surface area contributed by atoms with Crippen molar-refractivity contribution in [3.05, 3.63) is 64.4 Å². The highest BCUT2D eigenvalue weighted by Gasteiger charge is 2.24. The molecule has 30 heavy (non-hydrogen) atoms. The molecule has 0 atom stereocenters. The van der Waals surface area contributed by atoms with Crippen molar-refractivity contribution in [3.8, 4) is 22.4 Å². The first-order valence-corrected chi connectivity index (χ1v) is 9.88. The molecule has 0 spiro atoms. The van der Waals surface area contributed by atoms with E-state index in [9.17, 15) is 8.78 Å². The minimum Gasteiger partial charge on any atom is -0.348 e. The second-order valence-corrected chi connectivity index (χ2v) is 7.81. The van der Waals surface area contributed by atoms with Crippen LogP contribution in [0.4, 0.5) is 14.7 Å². The van der Waals surface area contributed by atoms with Gasteiger partial charge < -0.3 is 5.32 Å². The van der Waals surface area contributed by atoms with E-state index in [4.69, 9.17) is 28.3 Å². The second kappa shape index (κ2) is 7.81. The lowest BCUT2D eigenvalue weighted by Gasteiger charge is -2.12. The quantitative estimate of drug-likeness (QED) is 0.399. The average Bonchev–Trinajstić information content (AvgIpc) is 3.07. The normalized spacial score (nSPS) is 11.8. The number of halogens is 4. The van der Waals surface area contributed by atoms with Gasteiger partial charge in [0.2, 0.25) is 5.95 Å². The summed E-state index contributed by atoms with van der Waals surface area (Å²) in [6.45, 7) is 1.99. The molecule has 0 saturated carbocycles. The van der Waals surface area contributed by atoms with Gasteiger partial charge >= 0.3 is 0 Å². The molecule has 4 rings (SSSR count). The largest absolute Gasteiger partial charge is 0.348 e. The van der Waals surface area contributed by atoms with E-state index in [1.165, 1.54) is 0 Å². The van der Waals surface area contributed by atoms with Crippen molar-refractivity contribution >= 4 is 34.8 Å². The van der Waals surface area contributed by atoms with Gasteiger partial charge in [0, 0.05) is 17.5 Å². The lowest BCUT2D eigenvalue weighted by molar-refractivity contribution is 0.0366. The third-order valence-corrected chi connectivity index (χ3v) is 5.05. The van der Waals surface area contributed by atoms with E-state index >= 15 is 0 Å². The highest BCUT2D eigenvalue weighted by atomic mass is 35.5. The van der Waals surface area contributed by atoms with Crippen molar-refractivity contribution in [3.63, 3.8) is 0 Å². The van der Waals surface area contributed by atoms with Gasteiger partial charge in [0.15, 0.2) is 5.65 Å². The van der Waals surface area contributed by atoms with Crippen molar-refractivity contribution in [1.29, 1.82) is 0 Å². The Hall–Kier alpha value is -2.77. The Balaban J connectivity index is 1.97. The van der Waals surface area contributed by atoms with Crippen molar-refractivity contribution in [1.82, 2.24) is 19.6 Å². The Morgan fingerprint density at radius 1 is 1.03 bits per heavy atom. The number of aryl methyl sites for hydroxylation is 1. The van der Waals surface area contributed by atoms with Crippen molar-refractivity contribution in [2.75, 3.05) is 11.9 Å². The number of alkyl halides is 2. The number of hydrogen-bond donors (Lipinski definition) is 1. The van der Waals surface area contributed by atoms with Crippen LogP contribution in [0.1, 0.15) is 12.7 Å². The van der Waals surface area contributed by atoms with E-state index in [1.54, 1.807) is 29.6 Å². The fourth-order valence-corrected chi connectivity index (χ4v) is 3.45. The molecular formula is C21H17Cl2F2N5. The van der Waals surface area contributed by atoms with Crippen LogP contribution in [-0.2, 0) is 0 Å². The molecule has 9 heteroatoms. The summed E-state index contributed by atoms with van der Waals surface area (Å²) in [7, 11) is 0. The van der Waals surface area contributed by atoms with Gasteiger partial charge in [0.25, 0.3) is 5.92 Å². The summed E-state index contributed by atoms with van der Waals surface area (Å²) >= 11 is 12.5. The second-order valence-electron chi connectivity index (χ2n) is 6.96. The van der Waals surface area contributed by atoms with Crippen LogP contribution in [0.25, 0.3) is 28.0 Å². The average molecular weight is 448 g/mol. The lowest BCUT2D eigenvalue weighted by Crippen LogP contribution is -2.24. The molecule has 2 aromatic heterocycles. The van der Waals surface area contributed by atoms with E-state index in [-0.39, 0.29) is 5.95 Å². The van der Waals surface area contributed by atoms with Gasteiger partial charge in [-0.1, -0.05) is 53.5 Å². The molecule has 0 aliphatic rings. The summed E-state index contributed by atoms with van der Waals surface area (Å²) in [6, 6.07) is 14.6. The number of nitrogens with zero attached hydrogens (tertiary/aromatic N) is 4. The monoisotopic (exact) mass is 447 g/mol. The summed E-state index contributed by atoms with van der Waals surface area (Å²) in [5, 5.41) is 8.42. The fraction of sp³-hybridized carbons (Fsp3) is 0.190. The number of rotatable bonds is 5. The van der Waals surface area contributed by atoms with E-state index in [0.717, 1.165) is 18.1 Å². The number of anilines is 1. The van der Waals surface area contributed by atoms with E-state index in [1.807, 2.05) is 30.3 Å². The summed E-state index contributed by atoms with van der Waals surface area (Å²) in [5.74, 6) is -2.30. The zero-order valence-electron chi connectivity index (χ0n) is 16.1. The zero-order valence-corrected chi connectivity index (χ0v) is 17.6. The SMILES string of the molecule is Cc1nc(NCC(C)(F)F)nc2c(-c3ccc(Cl)cc3)c(-c3ccccc3Cl)nn12. The Morgan fingerprint density at radius 2 is 1.73 bits per heavy atom. The van der Waals surface area contributed by atoms with Crippen molar-refractivity contribution < 1.29 is 8.78 Å². The van der Waals surface area contributed by atoms with Crippen LogP contribution < -0.4 is 5.32 Å². The van der Waals surface area contributed by atoms with Gasteiger partial charge in [-0.2, -0.15) is 19.6 Å². The molecule has 4 aromatic rings. The van der Waals surface area contributed by atoms with Crippen LogP contribution in [0.2, 0.25) is 10.0 Å². The highest BCUT2D eigenvalue weighted by molar-refractivity contribution is 6.33. The Morgan fingerprint density at radius 3 is 2.40 bits per heavy atom. The smallest absolute Gasteiger partial charge is 0.262 e. The van der Waals surface area contributed by atoms with Gasteiger partial charge in [-0.3, -0.25) is 0 Å². The van der Waals surface area contributed by atoms with Gasteiger partial charge in [-0.25, -0.2) is 8.78 Å². The van der Waals surface area contributed by atoms with Crippen LogP contribution in [-0.4, -0.2) is 32.0 Å². The minimum absolute atomic E-state index is 0.0994. The molecule has 0 amide bonds. The maximum Gasteiger partial charge on any atom is 0.262 e. The Bertz CT molecular complexity index is 1220. The zero-order chi connectivity index (χ0) is 21.5. The topological polar surface area (TPSA) is 55.1 Å². The first-order valence-electron chi connectivity index (χ1n) is 9.13. The minimum atomic E-state index is -2.90. The van der Waals surface area contributed by atoms with Gasteiger partial charge in [0.1, 0.15) is 11.5 Å². The van der Waals surface area contributed by atoms with Crippen LogP contribution in [0, 0.1) is 6.92 Å². The van der Waals surface area contributed by atoms with Gasteiger partial charge in [-0.15, -0.1) is 0 Å². The third kappa shape index (κ3) is 4.08. The number of fused-ring (bicyclic) bond motifs is 1. The van der Waals surface area contributed by atoms with Crippen LogP contribution in [0.3, 0.4) is 0 Å². The number of benzene rings is 2. The summed E-state index contributed by atoms with van der Waals surface area (Å²) < 4.78 is 28.2. The number of nitrogens with one attached hydrogen (secondary N) is 1. The Labute approximate surface area is 181 Å². The van der Waals surface area contributed by atoms with Crippen molar-refractivity contribution in [2.45, 2.75) is 19.8 Å². The Kier molecular flexibility index (Phi) is 5.34. The molecule has 2 heterocycles. The maximum absolute atomic E-state index is 13.3. The first kappa shape index (κ1) is 20.5. The molecule has 0 aliphatic heterocycles. The van der Waals surface area contributed by atoms with Gasteiger partial charge in [0.05, 0.1) is 17.1 Å². The van der Waals surface area contributed by atoms with Gasteiger partial charge in [-0.05, 0) is 30.7 Å². The number of hydrogen-bond acceptors (Lipinski definition) is 4. The van der Waals surface area contributed by atoms with E-state index in [0.29, 0.717) is 32.8 Å². The summed E-state index contributed by atoms with van der Waals surface area (Å²) in [6.07, 6.45) is 0. The molecule has 2 aromatic carbocycles. The van der Waals surface area contributed by atoms with E-state index in [2.05, 4.69) is 15.3 Å². The van der Waals surface area contributed by atoms with Crippen molar-refractivity contribution in [2.24, 2.45) is 0 Å². The highest BCUT2D eigenvalue weighted by Crippen LogP contribution is 2.38. The molecule has 1 N–H and O–H groups in total. The molecular weight excluding hydrogens is 431 g/mol. The predicted octanol–water partition coefficient (Wildman–Crippen LogP) is 6.14. The standard InChI is InChI=1S/C21H17Cl2F2N5/c1-12-27-20(26-11-21(2,24)25)28-19-17(13-7-9-14(22)10-8-13)18(29-30(12)19)15-5-3-4-6-16(15)23/h3-10H,11H2,1-2H3,(H,26,28). The molecule has 154 valence electrons. The van der Waals surface area contributed by atoms with Crippen LogP contribution in [0.15, 0.2) is 48.5 Å². The summed E-state index contributed by atoms with van der Waals surface area (Å²) in [4.78, 5) is 8.76. The molecule has 0 unspecified atom stereocenters. The van der Waals surface area contributed by atoms with Crippen LogP contribution >= 0.6 is 23.2 Å². The molecule has 5 nitrogen and oxygen atoms in total. The maximum atomic E-state index is 13.3.